The summed E-state index contributed by atoms with van der Waals surface area (Å²) in [4.78, 5) is 2.45. The highest BCUT2D eigenvalue weighted by Gasteiger charge is 2.04. The first-order valence-electron chi connectivity index (χ1n) is 8.87. The van der Waals surface area contributed by atoms with E-state index in [1.807, 2.05) is 6.08 Å². The van der Waals surface area contributed by atoms with Gasteiger partial charge in [0.15, 0.2) is 0 Å². The van der Waals surface area contributed by atoms with Crippen LogP contribution in [-0.2, 0) is 0 Å². The number of rotatable bonds is 14. The van der Waals surface area contributed by atoms with E-state index in [0.29, 0.717) is 11.8 Å². The summed E-state index contributed by atoms with van der Waals surface area (Å²) in [6.07, 6.45) is 12.9. The zero-order valence-electron chi connectivity index (χ0n) is 14.9. The van der Waals surface area contributed by atoms with Crippen molar-refractivity contribution in [2.75, 3.05) is 26.2 Å². The molecule has 0 aliphatic heterocycles. The van der Waals surface area contributed by atoms with Crippen LogP contribution in [-0.4, -0.2) is 31.1 Å². The largest absolute Gasteiger partial charge is 0.377 e. The van der Waals surface area contributed by atoms with Gasteiger partial charge in [-0.3, -0.25) is 0 Å². The van der Waals surface area contributed by atoms with Crippen molar-refractivity contribution in [1.82, 2.24) is 10.2 Å². The van der Waals surface area contributed by atoms with Crippen LogP contribution < -0.4 is 5.32 Å². The molecule has 2 heteroatoms. The van der Waals surface area contributed by atoms with Crippen LogP contribution in [0, 0.1) is 11.8 Å². The Bertz CT molecular complexity index is 260. The minimum Gasteiger partial charge on any atom is -0.377 e. The van der Waals surface area contributed by atoms with Gasteiger partial charge < -0.3 is 10.2 Å². The Labute approximate surface area is 133 Å². The molecule has 0 saturated heterocycles. The van der Waals surface area contributed by atoms with E-state index in [-0.39, 0.29) is 0 Å². The van der Waals surface area contributed by atoms with Gasteiger partial charge in [-0.2, -0.15) is 0 Å². The maximum atomic E-state index is 3.89. The summed E-state index contributed by atoms with van der Waals surface area (Å²) in [5.41, 5.74) is 0. The van der Waals surface area contributed by atoms with Crippen LogP contribution in [0.1, 0.15) is 59.8 Å². The van der Waals surface area contributed by atoms with Gasteiger partial charge in [0.25, 0.3) is 0 Å². The Kier molecular flexibility index (Phi) is 13.7. The predicted molar refractivity (Wildman–Crippen MR) is 96.5 cm³/mol. The van der Waals surface area contributed by atoms with E-state index in [2.05, 4.69) is 56.8 Å². The summed E-state index contributed by atoms with van der Waals surface area (Å²) < 4.78 is 0. The molecule has 2 atom stereocenters. The Balaban J connectivity index is 4.01. The highest BCUT2D eigenvalue weighted by Crippen LogP contribution is 2.07. The van der Waals surface area contributed by atoms with Gasteiger partial charge in [0, 0.05) is 13.1 Å². The highest BCUT2D eigenvalue weighted by molar-refractivity contribution is 4.87. The summed E-state index contributed by atoms with van der Waals surface area (Å²) in [7, 11) is 0. The standard InChI is InChI=1S/C19H38N2/c1-6-9-13-20-16-19(5)12-11-15-21(14-10-7-2)17-18(4)8-3/h8,11,15,18-20H,3,6-7,9-10,12-14,16-17H2,1-2,4-5H3/b15-11-. The van der Waals surface area contributed by atoms with Crippen molar-refractivity contribution in [2.45, 2.75) is 59.8 Å². The third kappa shape index (κ3) is 12.7. The van der Waals surface area contributed by atoms with Crippen LogP contribution in [0.4, 0.5) is 0 Å². The summed E-state index contributed by atoms with van der Waals surface area (Å²) in [6, 6.07) is 0. The van der Waals surface area contributed by atoms with Gasteiger partial charge in [0.2, 0.25) is 0 Å². The first-order chi connectivity index (χ1) is 10.1. The summed E-state index contributed by atoms with van der Waals surface area (Å²) in [6.45, 7) is 17.5. The number of hydrogen-bond acceptors (Lipinski definition) is 2. The molecule has 0 heterocycles. The minimum absolute atomic E-state index is 0.555. The van der Waals surface area contributed by atoms with Crippen molar-refractivity contribution in [2.24, 2.45) is 11.8 Å². The van der Waals surface area contributed by atoms with Gasteiger partial charge in [-0.1, -0.05) is 52.7 Å². The van der Waals surface area contributed by atoms with E-state index in [9.17, 15) is 0 Å². The van der Waals surface area contributed by atoms with Gasteiger partial charge in [0.1, 0.15) is 0 Å². The molecular formula is C19H38N2. The molecule has 0 aliphatic carbocycles. The quantitative estimate of drug-likeness (QED) is 0.364. The number of nitrogens with zero attached hydrogens (tertiary/aromatic N) is 1. The first-order valence-corrected chi connectivity index (χ1v) is 8.87. The fourth-order valence-electron chi connectivity index (χ4n) is 2.21. The zero-order chi connectivity index (χ0) is 15.9. The molecule has 0 bridgehead atoms. The molecule has 0 radical (unpaired) electrons. The monoisotopic (exact) mass is 294 g/mol. The van der Waals surface area contributed by atoms with Crippen molar-refractivity contribution in [1.29, 1.82) is 0 Å². The average molecular weight is 295 g/mol. The van der Waals surface area contributed by atoms with E-state index < -0.39 is 0 Å². The molecule has 0 rings (SSSR count). The lowest BCUT2D eigenvalue weighted by Crippen LogP contribution is -2.24. The third-order valence-electron chi connectivity index (χ3n) is 3.78. The molecule has 1 N–H and O–H groups in total. The molecule has 0 amide bonds. The second-order valence-corrected chi connectivity index (χ2v) is 6.34. The second-order valence-electron chi connectivity index (χ2n) is 6.34. The SMILES string of the molecule is C=CC(C)CN(/C=C\CC(C)CNCCCC)CCCC. The molecule has 0 aromatic rings. The van der Waals surface area contributed by atoms with E-state index in [1.165, 1.54) is 25.7 Å². The van der Waals surface area contributed by atoms with Gasteiger partial charge in [-0.15, -0.1) is 6.58 Å². The molecular weight excluding hydrogens is 256 g/mol. The molecule has 0 aromatic carbocycles. The maximum Gasteiger partial charge on any atom is 0.0232 e. The lowest BCUT2D eigenvalue weighted by atomic mass is 10.1. The lowest BCUT2D eigenvalue weighted by molar-refractivity contribution is 0.337. The van der Waals surface area contributed by atoms with E-state index in [1.54, 1.807) is 0 Å². The van der Waals surface area contributed by atoms with Gasteiger partial charge >= 0.3 is 0 Å². The molecule has 0 saturated carbocycles. The van der Waals surface area contributed by atoms with E-state index in [4.69, 9.17) is 0 Å². The Morgan fingerprint density at radius 3 is 2.48 bits per heavy atom. The van der Waals surface area contributed by atoms with E-state index in [0.717, 1.165) is 32.6 Å². The topological polar surface area (TPSA) is 15.3 Å². The Morgan fingerprint density at radius 1 is 1.14 bits per heavy atom. The van der Waals surface area contributed by atoms with Crippen LogP contribution in [0.15, 0.2) is 24.9 Å². The molecule has 2 unspecified atom stereocenters. The van der Waals surface area contributed by atoms with Crippen molar-refractivity contribution in [3.63, 3.8) is 0 Å². The summed E-state index contributed by atoms with van der Waals surface area (Å²) >= 11 is 0. The fourth-order valence-corrected chi connectivity index (χ4v) is 2.21. The average Bonchev–Trinajstić information content (AvgIpc) is 2.48. The predicted octanol–water partition coefficient (Wildman–Crippen LogP) is 4.84. The Hall–Kier alpha value is -0.760. The summed E-state index contributed by atoms with van der Waals surface area (Å²) in [5, 5.41) is 3.54. The van der Waals surface area contributed by atoms with Crippen LogP contribution in [0.3, 0.4) is 0 Å². The molecule has 2 nitrogen and oxygen atoms in total. The fraction of sp³-hybridized carbons (Fsp3) is 0.789. The number of allylic oxidation sites excluding steroid dienone is 1. The van der Waals surface area contributed by atoms with Crippen molar-refractivity contribution in [3.05, 3.63) is 24.9 Å². The zero-order valence-corrected chi connectivity index (χ0v) is 14.9. The normalized spacial score (nSPS) is 14.3. The molecule has 0 aromatic heterocycles. The van der Waals surface area contributed by atoms with Crippen LogP contribution in [0.2, 0.25) is 0 Å². The highest BCUT2D eigenvalue weighted by atomic mass is 15.1. The van der Waals surface area contributed by atoms with Crippen LogP contribution in [0.5, 0.6) is 0 Å². The number of unbranched alkanes of at least 4 members (excludes halogenated alkanes) is 2. The summed E-state index contributed by atoms with van der Waals surface area (Å²) in [5.74, 6) is 1.27. The van der Waals surface area contributed by atoms with Gasteiger partial charge in [-0.25, -0.2) is 0 Å². The van der Waals surface area contributed by atoms with Gasteiger partial charge in [-0.05, 0) is 50.4 Å². The van der Waals surface area contributed by atoms with E-state index >= 15 is 0 Å². The lowest BCUT2D eigenvalue weighted by Gasteiger charge is -2.23. The number of hydrogen-bond donors (Lipinski definition) is 1. The molecule has 124 valence electrons. The molecule has 0 fully saturated rings. The van der Waals surface area contributed by atoms with Crippen molar-refractivity contribution < 1.29 is 0 Å². The number of nitrogens with one attached hydrogen (secondary N) is 1. The van der Waals surface area contributed by atoms with Gasteiger partial charge in [0.05, 0.1) is 0 Å². The first kappa shape index (κ1) is 20.2. The maximum absolute atomic E-state index is 3.89. The minimum atomic E-state index is 0.555. The van der Waals surface area contributed by atoms with Crippen molar-refractivity contribution in [3.8, 4) is 0 Å². The Morgan fingerprint density at radius 2 is 1.86 bits per heavy atom. The molecule has 21 heavy (non-hydrogen) atoms. The van der Waals surface area contributed by atoms with Crippen LogP contribution in [0.25, 0.3) is 0 Å². The molecule has 0 aliphatic rings. The third-order valence-corrected chi connectivity index (χ3v) is 3.78. The second kappa shape index (κ2) is 14.2. The smallest absolute Gasteiger partial charge is 0.0232 e. The van der Waals surface area contributed by atoms with Crippen LogP contribution >= 0.6 is 0 Å². The van der Waals surface area contributed by atoms with Crippen molar-refractivity contribution >= 4 is 0 Å². The molecule has 0 spiro atoms.